The van der Waals surface area contributed by atoms with Gasteiger partial charge in [0.15, 0.2) is 5.82 Å². The van der Waals surface area contributed by atoms with E-state index in [0.717, 1.165) is 48.4 Å². The highest BCUT2D eigenvalue weighted by Gasteiger charge is 2.46. The molecule has 2 N–H and O–H groups in total. The number of nitrogens with two attached hydrogens (primary N) is 1. The van der Waals surface area contributed by atoms with Crippen LogP contribution in [0, 0.1) is 34.7 Å². The number of aromatic nitrogens is 4. The summed E-state index contributed by atoms with van der Waals surface area (Å²) in [5.74, 6) is -1.87. The zero-order valence-electron chi connectivity index (χ0n) is 20.1. The summed E-state index contributed by atoms with van der Waals surface area (Å²) in [5.41, 5.74) is 5.34. The minimum Gasteiger partial charge on any atom is -0.382 e. The Morgan fingerprint density at radius 1 is 1.05 bits per heavy atom. The molecule has 0 spiro atoms. The summed E-state index contributed by atoms with van der Waals surface area (Å²) in [4.78, 5) is 28.8. The lowest BCUT2D eigenvalue weighted by atomic mass is 9.84. The van der Waals surface area contributed by atoms with Crippen LogP contribution in [0.1, 0.15) is 49.5 Å². The summed E-state index contributed by atoms with van der Waals surface area (Å²) >= 11 is 0. The molecule has 38 heavy (non-hydrogen) atoms. The number of nitriles is 1. The first-order valence-corrected chi connectivity index (χ1v) is 12.3. The van der Waals surface area contributed by atoms with Gasteiger partial charge >= 0.3 is 0 Å². The summed E-state index contributed by atoms with van der Waals surface area (Å²) < 4.78 is 44.6. The molecule has 3 heterocycles. The number of rotatable bonds is 3. The lowest BCUT2D eigenvalue weighted by molar-refractivity contribution is 0.341. The van der Waals surface area contributed by atoms with E-state index >= 15 is 0 Å². The Hall–Kier alpha value is -4.46. The molecule has 0 bridgehead atoms. The van der Waals surface area contributed by atoms with Crippen molar-refractivity contribution < 1.29 is 13.2 Å². The fourth-order valence-electron chi connectivity index (χ4n) is 6.04. The van der Waals surface area contributed by atoms with Gasteiger partial charge in [-0.2, -0.15) is 5.26 Å². The van der Waals surface area contributed by atoms with E-state index in [0.29, 0.717) is 18.3 Å². The Labute approximate surface area is 215 Å². The van der Waals surface area contributed by atoms with Crippen LogP contribution in [0.5, 0.6) is 0 Å². The molecular formula is C27H22F3N7O. The van der Waals surface area contributed by atoms with Crippen molar-refractivity contribution in [2.45, 2.75) is 44.2 Å². The van der Waals surface area contributed by atoms with Crippen molar-refractivity contribution in [1.29, 1.82) is 5.26 Å². The molecule has 11 heteroatoms. The van der Waals surface area contributed by atoms with E-state index < -0.39 is 29.1 Å². The molecule has 6 rings (SSSR count). The average molecular weight is 518 g/mol. The van der Waals surface area contributed by atoms with Gasteiger partial charge in [0.2, 0.25) is 0 Å². The summed E-state index contributed by atoms with van der Waals surface area (Å²) in [6.07, 6.45) is 5.54. The van der Waals surface area contributed by atoms with Crippen LogP contribution >= 0.6 is 0 Å². The van der Waals surface area contributed by atoms with E-state index in [9.17, 15) is 23.2 Å². The molecule has 0 amide bonds. The van der Waals surface area contributed by atoms with Crippen molar-refractivity contribution in [2.75, 3.05) is 10.6 Å². The zero-order chi connectivity index (χ0) is 26.6. The number of benzene rings is 2. The Bertz CT molecular complexity index is 1660. The molecule has 1 saturated heterocycles. The topological polar surface area (TPSA) is 114 Å². The van der Waals surface area contributed by atoms with Gasteiger partial charge in [-0.25, -0.2) is 28.1 Å². The largest absolute Gasteiger partial charge is 0.382 e. The van der Waals surface area contributed by atoms with Crippen LogP contribution < -0.4 is 16.2 Å². The molecule has 0 radical (unpaired) electrons. The fourth-order valence-corrected chi connectivity index (χ4v) is 6.04. The Kier molecular flexibility index (Phi) is 5.75. The highest BCUT2D eigenvalue weighted by Crippen LogP contribution is 2.48. The van der Waals surface area contributed by atoms with Crippen molar-refractivity contribution in [3.8, 4) is 11.8 Å². The Morgan fingerprint density at radius 3 is 2.58 bits per heavy atom. The Balaban J connectivity index is 1.66. The summed E-state index contributed by atoms with van der Waals surface area (Å²) in [5, 5.41) is 9.60. The minimum atomic E-state index is -0.890. The van der Waals surface area contributed by atoms with E-state index in [1.54, 1.807) is 0 Å². The number of nitrogen functional groups attached to an aromatic ring is 1. The summed E-state index contributed by atoms with van der Waals surface area (Å²) in [6.45, 7) is 0. The van der Waals surface area contributed by atoms with Gasteiger partial charge in [-0.3, -0.25) is 9.36 Å². The van der Waals surface area contributed by atoms with Gasteiger partial charge in [-0.15, -0.1) is 0 Å². The number of hydrogen-bond donors (Lipinski definition) is 1. The van der Waals surface area contributed by atoms with Crippen LogP contribution in [-0.2, 0) is 0 Å². The monoisotopic (exact) mass is 517 g/mol. The molecule has 192 valence electrons. The number of hydrogen-bond acceptors (Lipinski definition) is 7. The van der Waals surface area contributed by atoms with Gasteiger partial charge in [0.25, 0.3) is 5.56 Å². The molecule has 2 aromatic carbocycles. The average Bonchev–Trinajstić information content (AvgIpc) is 3.27. The third kappa shape index (κ3) is 3.75. The van der Waals surface area contributed by atoms with Crippen LogP contribution in [0.25, 0.3) is 16.6 Å². The highest BCUT2D eigenvalue weighted by atomic mass is 19.1. The van der Waals surface area contributed by atoms with Crippen molar-refractivity contribution in [1.82, 2.24) is 19.5 Å². The third-order valence-electron chi connectivity index (χ3n) is 7.58. The molecule has 3 atom stereocenters. The van der Waals surface area contributed by atoms with E-state index in [-0.39, 0.29) is 45.8 Å². The van der Waals surface area contributed by atoms with Crippen molar-refractivity contribution in [3.05, 3.63) is 81.9 Å². The number of halogens is 3. The molecule has 2 aliphatic rings. The zero-order valence-corrected chi connectivity index (χ0v) is 20.1. The number of fused-ring (bicyclic) bond motifs is 2. The normalized spacial score (nSPS) is 20.9. The second-order valence-electron chi connectivity index (χ2n) is 9.71. The van der Waals surface area contributed by atoms with Crippen LogP contribution in [0.2, 0.25) is 0 Å². The van der Waals surface area contributed by atoms with Gasteiger partial charge in [0.1, 0.15) is 52.4 Å². The maximum atomic E-state index is 14.9. The third-order valence-corrected chi connectivity index (χ3v) is 7.58. The van der Waals surface area contributed by atoms with Crippen LogP contribution in [0.3, 0.4) is 0 Å². The fraction of sp³-hybridized carbons (Fsp3) is 0.296. The van der Waals surface area contributed by atoms with E-state index in [1.165, 1.54) is 18.5 Å². The molecule has 4 aromatic rings. The van der Waals surface area contributed by atoms with Crippen molar-refractivity contribution in [3.63, 3.8) is 0 Å². The van der Waals surface area contributed by atoms with Gasteiger partial charge in [-0.1, -0.05) is 18.9 Å². The lowest BCUT2D eigenvalue weighted by Crippen LogP contribution is -2.39. The lowest BCUT2D eigenvalue weighted by Gasteiger charge is -2.35. The van der Waals surface area contributed by atoms with Gasteiger partial charge in [0, 0.05) is 12.1 Å². The number of nitrogens with zero attached hydrogens (tertiary/aromatic N) is 6. The molecule has 0 unspecified atom stereocenters. The summed E-state index contributed by atoms with van der Waals surface area (Å²) in [7, 11) is 0. The molecule has 8 nitrogen and oxygen atoms in total. The van der Waals surface area contributed by atoms with E-state index in [2.05, 4.69) is 16.0 Å². The standard InChI is InChI=1S/C27H22F3N7O/c28-15-9-16(29)11-17(10-15)36-26(35-20-6-3-5-19(30)23(20)27(36)38)22-8-14-4-1-2-7-21(14)37(22)25-18(12-31)24(32)33-13-34-25/h3,5-6,9-11,13-14,21-22H,1-2,4,7-8H2,(H2,32,33,34)/t14-,21-,22-/m0/s1. The van der Waals surface area contributed by atoms with Crippen LogP contribution in [0.15, 0.2) is 47.5 Å². The van der Waals surface area contributed by atoms with E-state index in [1.807, 2.05) is 4.90 Å². The molecule has 1 aliphatic carbocycles. The quantitative estimate of drug-likeness (QED) is 0.424. The van der Waals surface area contributed by atoms with Crippen molar-refractivity contribution >= 4 is 22.5 Å². The minimum absolute atomic E-state index is 0.0219. The van der Waals surface area contributed by atoms with Crippen LogP contribution in [0.4, 0.5) is 24.8 Å². The molecule has 1 saturated carbocycles. The predicted octanol–water partition coefficient (Wildman–Crippen LogP) is 4.56. The molecular weight excluding hydrogens is 495 g/mol. The van der Waals surface area contributed by atoms with Crippen LogP contribution in [-0.4, -0.2) is 25.6 Å². The first-order valence-electron chi connectivity index (χ1n) is 12.3. The smallest absolute Gasteiger partial charge is 0.269 e. The number of anilines is 2. The molecule has 1 aliphatic heterocycles. The highest BCUT2D eigenvalue weighted by molar-refractivity contribution is 5.79. The van der Waals surface area contributed by atoms with Gasteiger partial charge < -0.3 is 10.6 Å². The second kappa shape index (κ2) is 9.13. The summed E-state index contributed by atoms with van der Waals surface area (Å²) in [6, 6.07) is 8.27. The predicted molar refractivity (Wildman–Crippen MR) is 134 cm³/mol. The van der Waals surface area contributed by atoms with Crippen molar-refractivity contribution in [2.24, 2.45) is 5.92 Å². The van der Waals surface area contributed by atoms with Gasteiger partial charge in [0.05, 0.1) is 17.2 Å². The maximum Gasteiger partial charge on any atom is 0.269 e. The first-order chi connectivity index (χ1) is 18.4. The first kappa shape index (κ1) is 23.9. The van der Waals surface area contributed by atoms with E-state index in [4.69, 9.17) is 10.7 Å². The second-order valence-corrected chi connectivity index (χ2v) is 9.71. The SMILES string of the molecule is N#Cc1c(N)ncnc1N1[C@H](c2nc3cccc(F)c3c(=O)n2-c2cc(F)cc(F)c2)C[C@@H]2CCCC[C@@H]21. The molecule has 2 aromatic heterocycles. The Morgan fingerprint density at radius 2 is 1.82 bits per heavy atom. The van der Waals surface area contributed by atoms with Gasteiger partial charge in [-0.05, 0) is 49.4 Å². The maximum absolute atomic E-state index is 14.9. The molecule has 2 fully saturated rings.